The Bertz CT molecular complexity index is 5950. The van der Waals surface area contributed by atoms with Crippen LogP contribution in [-0.4, -0.2) is 91.8 Å². The van der Waals surface area contributed by atoms with Crippen LogP contribution >= 0.6 is 31.9 Å². The van der Waals surface area contributed by atoms with Gasteiger partial charge in [-0.15, -0.1) is 0 Å². The summed E-state index contributed by atoms with van der Waals surface area (Å²) in [6.45, 7) is 8.18. The number of fused-ring (bicyclic) bond motifs is 2. The Morgan fingerprint density at radius 2 is 0.833 bits per heavy atom. The Labute approximate surface area is 831 Å². The van der Waals surface area contributed by atoms with Gasteiger partial charge >= 0.3 is 18.3 Å². The number of halogens is 2. The van der Waals surface area contributed by atoms with Gasteiger partial charge in [-0.25, -0.2) is 0 Å². The van der Waals surface area contributed by atoms with Gasteiger partial charge in [-0.3, -0.25) is 4.79 Å². The van der Waals surface area contributed by atoms with E-state index < -0.39 is 0 Å². The van der Waals surface area contributed by atoms with Crippen molar-refractivity contribution in [3.63, 3.8) is 0 Å². The van der Waals surface area contributed by atoms with Gasteiger partial charge in [0.25, 0.3) is 0 Å². The minimum Gasteiger partial charge on any atom is -0.507 e. The molecule has 4 aliphatic rings. The van der Waals surface area contributed by atoms with Gasteiger partial charge in [0.1, 0.15) is 34.5 Å². The minimum absolute atomic E-state index is 0.172. The van der Waals surface area contributed by atoms with E-state index in [4.69, 9.17) is 107 Å². The molecule has 53 heteroatoms. The summed E-state index contributed by atoms with van der Waals surface area (Å²) in [5.74, 6) is 6.38. The molecule has 0 heterocycles. The number of ether oxygens (including phenoxy) is 9. The zero-order valence-corrected chi connectivity index (χ0v) is 96.0. The number of phenols is 1. The molecule has 662 valence electrons. The molecule has 1 N–H and O–H groups in total. The number of benzene rings is 7. The number of hydrogen-bond donors (Lipinski definition) is 1. The summed E-state index contributed by atoms with van der Waals surface area (Å²) in [5, 5.41) is 14.5. The van der Waals surface area contributed by atoms with Crippen molar-refractivity contribution in [2.75, 3.05) is 68.5 Å². The summed E-state index contributed by atoms with van der Waals surface area (Å²) in [7, 11) is 57.4. The standard InChI is InChI=1S/C33H40O5.C17H19BrO3.C15H15BrO3.2CO2.S18.S16.S2/c1-4-21-12-28-27(30(34)13-21)14-26(16-32(28)36-3)25-5-6-31(38-20-37-8-7-35-2)29(15-25)33-17-22-9-23(18-33)11-24(10-22)19-33;1-19-9-10-20-13-21-17-8-7-16(18)12-15(17)11-14-5-3-2-4-6-14;1-4-10-5-12-13(15(6-10)19-9(2)17)7-11(16)8-14(12)18-3;2*2-1-3;1-3-5-7-9-11-13-15-17-18-16-14-12-10-8-6-4-2;1-3-5-7-9-11-13-15-16-14-12-10-8-6-4-2;1-2/h5-6,12-16,22-24,34H,4,7-11,17-20H2,1-3H3;2-8,12H,9-11,13H2,1H3;5-8H,4H2,1-3H3;;;;;. The van der Waals surface area contributed by atoms with E-state index in [9.17, 15) is 9.90 Å². The van der Waals surface area contributed by atoms with E-state index >= 15 is 0 Å². The highest BCUT2D eigenvalue weighted by molar-refractivity contribution is 9.10. The van der Waals surface area contributed by atoms with E-state index in [1.54, 1.807) is 259 Å². The van der Waals surface area contributed by atoms with Gasteiger partial charge in [-0.2, -0.15) is 19.2 Å². The zero-order chi connectivity index (χ0) is 87.8. The molecule has 4 fully saturated rings. The highest BCUT2D eigenvalue weighted by Gasteiger charge is 2.52. The number of carbonyl (C=O) groups excluding carboxylic acids is 5. The van der Waals surface area contributed by atoms with Gasteiger partial charge in [0.05, 0.1) is 40.6 Å². The number of phenolic OH excluding ortho intramolecular Hbond substituents is 1. The minimum atomic E-state index is -0.325. The van der Waals surface area contributed by atoms with Crippen molar-refractivity contribution in [3.05, 3.63) is 152 Å². The number of aromatic hydroxyl groups is 1. The number of esters is 1. The lowest BCUT2D eigenvalue weighted by Gasteiger charge is -2.57. The Morgan fingerprint density at radius 3 is 1.25 bits per heavy atom. The Morgan fingerprint density at radius 1 is 0.433 bits per heavy atom. The van der Waals surface area contributed by atoms with E-state index in [1.807, 2.05) is 54.6 Å². The molecule has 7 aromatic carbocycles. The summed E-state index contributed by atoms with van der Waals surface area (Å²) in [4.78, 5) is 43.7. The maximum atomic E-state index is 11.2. The molecule has 4 bridgehead atoms. The van der Waals surface area contributed by atoms with E-state index in [0.29, 0.717) is 37.9 Å². The third kappa shape index (κ3) is 47.9. The van der Waals surface area contributed by atoms with Crippen LogP contribution in [0.5, 0.6) is 34.5 Å². The summed E-state index contributed by atoms with van der Waals surface area (Å²) < 4.78 is 51.5. The molecule has 7 aromatic rings. The normalized spacial score (nSPS) is 13.9. The van der Waals surface area contributed by atoms with E-state index in [-0.39, 0.29) is 37.3 Å². The van der Waals surface area contributed by atoms with Gasteiger partial charge in [0.15, 0.2) is 13.6 Å². The predicted octanol–water partition coefficient (Wildman–Crippen LogP) is 14.1. The van der Waals surface area contributed by atoms with Crippen LogP contribution in [0.2, 0.25) is 0 Å². The second-order valence-electron chi connectivity index (χ2n) is 22.8. The lowest BCUT2D eigenvalue weighted by molar-refractivity contribution is -0.193. The monoisotopic (exact) mass is 2430 g/mol. The van der Waals surface area contributed by atoms with Crippen molar-refractivity contribution >= 4 is 405 Å². The SMILES string of the molecule is CCc1cc(O)c2cc(-c3ccc(OCOCCOC)c(C45CC6CC(CC(C6)C4)C5)c3)cc(OC)c2c1.CCc1cc(OC(C)=O)c2cc(Br)cc(OC)c2c1.COCCOCOc1ccc(Br)cc1Cc1ccccc1.O=C=O.O=C=O.S=S.S=S=S=S=S=S=S=S=S=S=S=S=S=S=S=S.S=S=S=S=S=S=S=S=S=S=S=S=S=S=S=S=S=S. The fourth-order valence-corrected chi connectivity index (χ4v) is 84.5. The Hall–Kier alpha value is 1.01. The number of hydrogen-bond acceptors (Lipinski definition) is 21. The second-order valence-corrected chi connectivity index (χ2v) is 77.7. The van der Waals surface area contributed by atoms with E-state index in [0.717, 1.165) is 118 Å². The van der Waals surface area contributed by atoms with Crippen LogP contribution in [0.4, 0.5) is 0 Å². The van der Waals surface area contributed by atoms with Crippen LogP contribution in [0.3, 0.4) is 0 Å². The van der Waals surface area contributed by atoms with E-state index in [2.05, 4.69) is 129 Å². The maximum absolute atomic E-state index is 11.2. The molecule has 11 rings (SSSR count). The van der Waals surface area contributed by atoms with Crippen LogP contribution in [-0.2, 0) is 401 Å². The van der Waals surface area contributed by atoms with Crippen molar-refractivity contribution in [3.8, 4) is 45.6 Å². The van der Waals surface area contributed by atoms with Gasteiger partial charge in [0, 0.05) is 397 Å². The number of rotatable bonds is 21. The van der Waals surface area contributed by atoms with Crippen molar-refractivity contribution in [1.29, 1.82) is 0 Å². The fraction of sp³-hybridized carbons (Fsp3) is 0.388. The maximum Gasteiger partial charge on any atom is 0.373 e. The molecule has 0 atom stereocenters. The average Bonchev–Trinajstić information content (AvgIpc) is 0.714. The lowest BCUT2D eigenvalue weighted by Crippen LogP contribution is -2.48. The van der Waals surface area contributed by atoms with Crippen LogP contribution in [0.25, 0.3) is 32.7 Å². The quantitative estimate of drug-likeness (QED) is 0.0309. The molecule has 120 heavy (non-hydrogen) atoms. The molecule has 0 radical (unpaired) electrons. The summed E-state index contributed by atoms with van der Waals surface area (Å²) in [6, 6.07) is 38.9. The van der Waals surface area contributed by atoms with Crippen LogP contribution in [0.1, 0.15) is 87.1 Å². The first-order chi connectivity index (χ1) is 58.5. The Balaban J connectivity index is 0.000000396. The summed E-state index contributed by atoms with van der Waals surface area (Å²) in [6.07, 6.45) is 11.0. The van der Waals surface area contributed by atoms with Crippen LogP contribution in [0.15, 0.2) is 124 Å². The molecule has 15 nitrogen and oxygen atoms in total. The van der Waals surface area contributed by atoms with Gasteiger partial charge in [-0.05, 0) is 187 Å². The summed E-state index contributed by atoms with van der Waals surface area (Å²) >= 11 is 33.2. The highest BCUT2D eigenvalue weighted by atomic mass is 79.9. The zero-order valence-electron chi connectivity index (χ0n) is 63.4. The molecule has 0 amide bonds. The first-order valence-electron chi connectivity index (χ1n) is 33.4. The average molecular weight is 2430 g/mol. The largest absolute Gasteiger partial charge is 0.507 e. The van der Waals surface area contributed by atoms with E-state index in [1.165, 1.54) is 92.1 Å². The first kappa shape index (κ1) is 115. The van der Waals surface area contributed by atoms with Crippen LogP contribution in [0, 0.1) is 17.8 Å². The van der Waals surface area contributed by atoms with Crippen molar-refractivity contribution in [2.24, 2.45) is 17.8 Å². The molecule has 0 saturated heterocycles. The molecule has 4 aliphatic carbocycles. The fourth-order valence-electron chi connectivity index (χ4n) is 12.3. The van der Waals surface area contributed by atoms with Gasteiger partial charge in [-0.1, -0.05) is 82.1 Å². The van der Waals surface area contributed by atoms with Crippen molar-refractivity contribution < 1.29 is 71.7 Å². The molecular weight excluding hydrogens is 2360 g/mol. The first-order valence-corrected chi connectivity index (χ1v) is 78.9. The predicted molar refractivity (Wildman–Crippen MR) is 591 cm³/mol. The summed E-state index contributed by atoms with van der Waals surface area (Å²) in [5.41, 5.74) is 8.25. The van der Waals surface area contributed by atoms with Gasteiger partial charge in [0.2, 0.25) is 0 Å². The third-order valence-electron chi connectivity index (χ3n) is 16.0. The lowest BCUT2D eigenvalue weighted by atomic mass is 9.48. The molecule has 4 saturated carbocycles. The highest BCUT2D eigenvalue weighted by Crippen LogP contribution is 2.62. The number of aryl methyl sites for hydroxylation is 2. The topological polar surface area (TPSA) is 189 Å². The third-order valence-corrected chi connectivity index (χ3v) is 79.2. The number of methoxy groups -OCH3 is 4. The molecule has 0 unspecified atom stereocenters. The van der Waals surface area contributed by atoms with Gasteiger partial charge < -0.3 is 47.7 Å². The Kier molecular flexibility index (Phi) is 71.5. The van der Waals surface area contributed by atoms with Crippen molar-refractivity contribution in [2.45, 2.75) is 84.0 Å². The molecule has 0 aromatic heterocycles. The smallest absolute Gasteiger partial charge is 0.373 e. The van der Waals surface area contributed by atoms with Crippen molar-refractivity contribution in [1.82, 2.24) is 0 Å². The molecular formula is C67H74Br2O15S36. The second kappa shape index (κ2) is 74.5. The molecule has 0 aliphatic heterocycles. The van der Waals surface area contributed by atoms with Crippen LogP contribution < -0.4 is 23.7 Å². The molecule has 0 spiro atoms. The number of carbonyl (C=O) groups is 1.